The van der Waals surface area contributed by atoms with Gasteiger partial charge in [-0.3, -0.25) is 0 Å². The second kappa shape index (κ2) is 11.3. The molecule has 0 radical (unpaired) electrons. The van der Waals surface area contributed by atoms with Crippen molar-refractivity contribution in [3.05, 3.63) is 10.0 Å². The van der Waals surface area contributed by atoms with Crippen LogP contribution in [0.1, 0.15) is 29.8 Å². The molecule has 0 unspecified atom stereocenters. The van der Waals surface area contributed by atoms with E-state index in [4.69, 9.17) is 9.47 Å². The summed E-state index contributed by atoms with van der Waals surface area (Å²) in [5.41, 5.74) is 0. The molecule has 6 heteroatoms. The fourth-order valence-electron chi connectivity index (χ4n) is 1.56. The Hall–Kier alpha value is -0.560. The van der Waals surface area contributed by atoms with Gasteiger partial charge in [0.2, 0.25) is 0 Å². The lowest BCUT2D eigenvalue weighted by atomic mass is 10.3. The van der Waals surface area contributed by atoms with Crippen LogP contribution < -0.4 is 5.32 Å². The van der Waals surface area contributed by atoms with Crippen molar-refractivity contribution in [2.24, 2.45) is 0 Å². The highest BCUT2D eigenvalue weighted by Gasteiger charge is 2.03. The van der Waals surface area contributed by atoms with E-state index in [-0.39, 0.29) is 0 Å². The highest BCUT2D eigenvalue weighted by molar-refractivity contribution is 7.11. The zero-order valence-electron chi connectivity index (χ0n) is 12.0. The van der Waals surface area contributed by atoms with Gasteiger partial charge in [-0.25, -0.2) is 0 Å². The molecule has 0 aliphatic heterocycles. The van der Waals surface area contributed by atoms with Crippen LogP contribution in [0.15, 0.2) is 0 Å². The summed E-state index contributed by atoms with van der Waals surface area (Å²) in [6.45, 7) is 6.37. The minimum atomic E-state index is 0.751. The lowest BCUT2D eigenvalue weighted by Crippen LogP contribution is -2.20. The van der Waals surface area contributed by atoms with Gasteiger partial charge >= 0.3 is 0 Å². The van der Waals surface area contributed by atoms with Crippen LogP contribution in [0.2, 0.25) is 0 Å². The summed E-state index contributed by atoms with van der Waals surface area (Å²) in [5.74, 6) is 0. The standard InChI is InChI=1S/C13H25N3O2S/c1-3-9-18-10-6-13-16-15-12(19-13)5-4-7-14-8-11-17-2/h14H,3-11H2,1-2H3. The Bertz CT molecular complexity index is 321. The van der Waals surface area contributed by atoms with E-state index in [1.54, 1.807) is 18.4 Å². The second-order valence-corrected chi connectivity index (χ2v) is 5.44. The Morgan fingerprint density at radius 2 is 1.84 bits per heavy atom. The van der Waals surface area contributed by atoms with Gasteiger partial charge in [0.15, 0.2) is 0 Å². The Balaban J connectivity index is 2.06. The smallest absolute Gasteiger partial charge is 0.119 e. The van der Waals surface area contributed by atoms with Crippen molar-refractivity contribution >= 4 is 11.3 Å². The number of hydrogen-bond acceptors (Lipinski definition) is 6. The predicted octanol–water partition coefficient (Wildman–Crippen LogP) is 1.68. The van der Waals surface area contributed by atoms with Crippen molar-refractivity contribution in [1.82, 2.24) is 15.5 Å². The molecule has 0 saturated carbocycles. The molecule has 0 atom stereocenters. The Morgan fingerprint density at radius 3 is 2.58 bits per heavy atom. The molecule has 0 aliphatic rings. The molecule has 1 N–H and O–H groups in total. The summed E-state index contributed by atoms with van der Waals surface area (Å²) in [5, 5.41) is 13.9. The molecule has 1 rings (SSSR count). The van der Waals surface area contributed by atoms with Crippen LogP contribution >= 0.6 is 11.3 Å². The molecular weight excluding hydrogens is 262 g/mol. The maximum absolute atomic E-state index is 5.45. The van der Waals surface area contributed by atoms with Crippen LogP contribution in [0.3, 0.4) is 0 Å². The summed E-state index contributed by atoms with van der Waals surface area (Å²) in [6.07, 6.45) is 4.03. The summed E-state index contributed by atoms with van der Waals surface area (Å²) in [6, 6.07) is 0. The van der Waals surface area contributed by atoms with Gasteiger partial charge in [0.1, 0.15) is 10.0 Å². The van der Waals surface area contributed by atoms with Crippen molar-refractivity contribution in [1.29, 1.82) is 0 Å². The topological polar surface area (TPSA) is 56.3 Å². The molecule has 0 aromatic carbocycles. The van der Waals surface area contributed by atoms with Gasteiger partial charge in [0.05, 0.1) is 13.2 Å². The van der Waals surface area contributed by atoms with Crippen molar-refractivity contribution in [3.8, 4) is 0 Å². The van der Waals surface area contributed by atoms with Crippen molar-refractivity contribution < 1.29 is 9.47 Å². The summed E-state index contributed by atoms with van der Waals surface area (Å²) >= 11 is 1.70. The maximum atomic E-state index is 5.45. The molecule has 1 heterocycles. The number of aryl methyl sites for hydroxylation is 1. The number of nitrogens with one attached hydrogen (secondary N) is 1. The minimum Gasteiger partial charge on any atom is -0.383 e. The molecule has 110 valence electrons. The van der Waals surface area contributed by atoms with E-state index in [0.29, 0.717) is 0 Å². The maximum Gasteiger partial charge on any atom is 0.119 e. The average molecular weight is 287 g/mol. The van der Waals surface area contributed by atoms with E-state index in [1.807, 2.05) is 0 Å². The lowest BCUT2D eigenvalue weighted by molar-refractivity contribution is 0.138. The van der Waals surface area contributed by atoms with E-state index in [1.165, 1.54) is 0 Å². The van der Waals surface area contributed by atoms with Gasteiger partial charge in [0.25, 0.3) is 0 Å². The average Bonchev–Trinajstić information content (AvgIpc) is 2.87. The zero-order valence-corrected chi connectivity index (χ0v) is 12.8. The number of nitrogens with zero attached hydrogens (tertiary/aromatic N) is 2. The van der Waals surface area contributed by atoms with Crippen molar-refractivity contribution in [2.75, 3.05) is 40.0 Å². The third-order valence-electron chi connectivity index (χ3n) is 2.54. The second-order valence-electron chi connectivity index (χ2n) is 4.30. The number of rotatable bonds is 12. The molecule has 0 saturated heterocycles. The monoisotopic (exact) mass is 287 g/mol. The van der Waals surface area contributed by atoms with Gasteiger partial charge in [-0.15, -0.1) is 21.5 Å². The van der Waals surface area contributed by atoms with E-state index in [0.717, 1.165) is 68.6 Å². The Morgan fingerprint density at radius 1 is 1.05 bits per heavy atom. The fraction of sp³-hybridized carbons (Fsp3) is 0.846. The van der Waals surface area contributed by atoms with E-state index in [2.05, 4.69) is 22.4 Å². The molecule has 0 aliphatic carbocycles. The van der Waals surface area contributed by atoms with Crippen LogP contribution in [-0.2, 0) is 22.3 Å². The highest BCUT2D eigenvalue weighted by atomic mass is 32.1. The quantitative estimate of drug-likeness (QED) is 0.593. The van der Waals surface area contributed by atoms with Gasteiger partial charge in [-0.2, -0.15) is 0 Å². The summed E-state index contributed by atoms with van der Waals surface area (Å²) in [7, 11) is 1.72. The molecule has 5 nitrogen and oxygen atoms in total. The number of aromatic nitrogens is 2. The number of methoxy groups -OCH3 is 1. The molecule has 0 fully saturated rings. The van der Waals surface area contributed by atoms with Gasteiger partial charge in [-0.05, 0) is 19.4 Å². The molecule has 0 spiro atoms. The molecule has 19 heavy (non-hydrogen) atoms. The van der Waals surface area contributed by atoms with Crippen LogP contribution in [0.5, 0.6) is 0 Å². The number of ether oxygens (including phenoxy) is 2. The first kappa shape index (κ1) is 16.5. The highest BCUT2D eigenvalue weighted by Crippen LogP contribution is 2.12. The normalized spacial score (nSPS) is 11.1. The summed E-state index contributed by atoms with van der Waals surface area (Å²) < 4.78 is 10.4. The minimum absolute atomic E-state index is 0.751. The third kappa shape index (κ3) is 8.26. The predicted molar refractivity (Wildman–Crippen MR) is 77.8 cm³/mol. The third-order valence-corrected chi connectivity index (χ3v) is 3.59. The molecular formula is C13H25N3O2S. The molecule has 1 aromatic heterocycles. The lowest BCUT2D eigenvalue weighted by Gasteiger charge is -2.01. The zero-order chi connectivity index (χ0) is 13.8. The van der Waals surface area contributed by atoms with E-state index >= 15 is 0 Å². The Labute approximate surface area is 119 Å². The van der Waals surface area contributed by atoms with Crippen LogP contribution in [-0.4, -0.2) is 50.2 Å². The van der Waals surface area contributed by atoms with Gasteiger partial charge in [0, 0.05) is 33.1 Å². The first-order chi connectivity index (χ1) is 9.36. The first-order valence-electron chi connectivity index (χ1n) is 6.95. The van der Waals surface area contributed by atoms with Crippen molar-refractivity contribution in [3.63, 3.8) is 0 Å². The van der Waals surface area contributed by atoms with Crippen molar-refractivity contribution in [2.45, 2.75) is 32.6 Å². The Kier molecular flexibility index (Phi) is 9.79. The van der Waals surface area contributed by atoms with Crippen LogP contribution in [0, 0.1) is 0 Å². The molecule has 0 bridgehead atoms. The van der Waals surface area contributed by atoms with E-state index < -0.39 is 0 Å². The largest absolute Gasteiger partial charge is 0.383 e. The van der Waals surface area contributed by atoms with E-state index in [9.17, 15) is 0 Å². The summed E-state index contributed by atoms with van der Waals surface area (Å²) in [4.78, 5) is 0. The van der Waals surface area contributed by atoms with Gasteiger partial charge < -0.3 is 14.8 Å². The van der Waals surface area contributed by atoms with Crippen LogP contribution in [0.25, 0.3) is 0 Å². The van der Waals surface area contributed by atoms with Gasteiger partial charge in [-0.1, -0.05) is 6.92 Å². The fourth-order valence-corrected chi connectivity index (χ4v) is 2.43. The first-order valence-corrected chi connectivity index (χ1v) is 7.77. The number of hydrogen-bond donors (Lipinski definition) is 1. The molecule has 0 amide bonds. The molecule has 1 aromatic rings. The van der Waals surface area contributed by atoms with Crippen LogP contribution in [0.4, 0.5) is 0 Å². The SMILES string of the molecule is CCCOCCc1nnc(CCCNCCOC)s1.